The largest absolute Gasteiger partial charge is 0.481 e. The normalized spacial score (nSPS) is 27.8. The fraction of sp³-hybridized carbons (Fsp3) is 0.444. The summed E-state index contributed by atoms with van der Waals surface area (Å²) in [6.07, 6.45) is 2.04. The number of aryl methyl sites for hydroxylation is 1. The molecule has 5 nitrogen and oxygen atoms in total. The van der Waals surface area contributed by atoms with Gasteiger partial charge in [0, 0.05) is 17.5 Å². The number of amides is 1. The van der Waals surface area contributed by atoms with Crippen LogP contribution in [0, 0.1) is 36.3 Å². The monoisotopic (exact) mass is 348 g/mol. The number of hydrogen-bond acceptors (Lipinski definition) is 2. The van der Waals surface area contributed by atoms with E-state index >= 15 is 0 Å². The molecule has 1 aromatic heterocycles. The smallest absolute Gasteiger partial charge is 0.306 e. The minimum Gasteiger partial charge on any atom is -0.481 e. The number of aliphatic carboxylic acids is 1. The first-order chi connectivity index (χ1) is 11.8. The van der Waals surface area contributed by atoms with Crippen LogP contribution in [0.15, 0.2) is 12.1 Å². The van der Waals surface area contributed by atoms with E-state index in [0.717, 1.165) is 18.6 Å². The molecule has 4 atom stereocenters. The van der Waals surface area contributed by atoms with Crippen LogP contribution < -0.4 is 5.32 Å². The molecular weight excluding hydrogens is 330 g/mol. The van der Waals surface area contributed by atoms with Crippen molar-refractivity contribution in [2.75, 3.05) is 0 Å². The minimum absolute atomic E-state index is 0.0690. The van der Waals surface area contributed by atoms with E-state index in [0.29, 0.717) is 18.4 Å². The van der Waals surface area contributed by atoms with E-state index in [9.17, 15) is 23.5 Å². The fourth-order valence-corrected chi connectivity index (χ4v) is 4.63. The Balaban J connectivity index is 1.55. The topological polar surface area (TPSA) is 82.2 Å². The van der Waals surface area contributed by atoms with Gasteiger partial charge in [-0.15, -0.1) is 0 Å². The summed E-state index contributed by atoms with van der Waals surface area (Å²) in [6, 6.07) is 1.89. The molecule has 2 fully saturated rings. The Morgan fingerprint density at radius 1 is 1.20 bits per heavy atom. The number of fused-ring (bicyclic) bond motifs is 3. The number of benzene rings is 1. The van der Waals surface area contributed by atoms with Crippen molar-refractivity contribution in [1.82, 2.24) is 10.3 Å². The summed E-state index contributed by atoms with van der Waals surface area (Å²) in [6.45, 7) is 1.62. The average molecular weight is 348 g/mol. The molecule has 25 heavy (non-hydrogen) atoms. The molecular formula is C18H18F2N2O3. The summed E-state index contributed by atoms with van der Waals surface area (Å²) < 4.78 is 27.3. The number of carbonyl (C=O) groups is 2. The Hall–Kier alpha value is -2.44. The van der Waals surface area contributed by atoms with E-state index in [-0.39, 0.29) is 46.3 Å². The summed E-state index contributed by atoms with van der Waals surface area (Å²) >= 11 is 0. The summed E-state index contributed by atoms with van der Waals surface area (Å²) in [5.41, 5.74) is 0.910. The van der Waals surface area contributed by atoms with Crippen molar-refractivity contribution < 1.29 is 23.5 Å². The van der Waals surface area contributed by atoms with Crippen LogP contribution in [0.4, 0.5) is 8.78 Å². The molecule has 2 aliphatic carbocycles. The first-order valence-corrected chi connectivity index (χ1v) is 8.36. The molecule has 1 aromatic carbocycles. The van der Waals surface area contributed by atoms with Crippen molar-refractivity contribution in [2.24, 2.45) is 17.8 Å². The van der Waals surface area contributed by atoms with Crippen LogP contribution in [0.2, 0.25) is 0 Å². The zero-order valence-electron chi connectivity index (χ0n) is 13.6. The molecule has 0 saturated heterocycles. The highest BCUT2D eigenvalue weighted by atomic mass is 19.1. The van der Waals surface area contributed by atoms with E-state index in [1.54, 1.807) is 6.92 Å². The lowest BCUT2D eigenvalue weighted by Crippen LogP contribution is -2.41. The lowest BCUT2D eigenvalue weighted by molar-refractivity contribution is -0.143. The Morgan fingerprint density at radius 2 is 1.96 bits per heavy atom. The molecule has 1 heterocycles. The van der Waals surface area contributed by atoms with Crippen LogP contribution in [-0.2, 0) is 4.79 Å². The molecule has 2 saturated carbocycles. The predicted molar refractivity (Wildman–Crippen MR) is 86.2 cm³/mol. The van der Waals surface area contributed by atoms with Gasteiger partial charge in [-0.25, -0.2) is 8.78 Å². The van der Waals surface area contributed by atoms with Gasteiger partial charge in [0.1, 0.15) is 17.3 Å². The number of aromatic nitrogens is 1. The van der Waals surface area contributed by atoms with Gasteiger partial charge in [-0.3, -0.25) is 9.59 Å². The molecule has 4 rings (SSSR count). The van der Waals surface area contributed by atoms with E-state index in [1.165, 1.54) is 0 Å². The second-order valence-corrected chi connectivity index (χ2v) is 7.19. The highest BCUT2D eigenvalue weighted by Gasteiger charge is 2.49. The number of halogens is 2. The molecule has 0 aliphatic heterocycles. The number of carboxylic acids is 1. The number of H-pyrrole nitrogens is 1. The van der Waals surface area contributed by atoms with Gasteiger partial charge in [0.15, 0.2) is 0 Å². The SMILES string of the molecule is Cc1c(C(=O)N[C@@H]2C[C@H]3C[C@@H]2C[C@H]3C(=O)O)[nH]c2cc(F)cc(F)c12. The van der Waals surface area contributed by atoms with E-state index in [4.69, 9.17) is 0 Å². The van der Waals surface area contributed by atoms with E-state index in [1.807, 2.05) is 0 Å². The number of aromatic amines is 1. The molecule has 132 valence electrons. The highest BCUT2D eigenvalue weighted by molar-refractivity contribution is 6.01. The summed E-state index contributed by atoms with van der Waals surface area (Å²) in [5, 5.41) is 12.3. The zero-order chi connectivity index (χ0) is 17.9. The highest BCUT2D eigenvalue weighted by Crippen LogP contribution is 2.48. The molecule has 7 heteroatoms. The lowest BCUT2D eigenvalue weighted by atomic mass is 9.86. The molecule has 2 aliphatic rings. The maximum atomic E-state index is 14.0. The zero-order valence-corrected chi connectivity index (χ0v) is 13.6. The van der Waals surface area contributed by atoms with Gasteiger partial charge in [0.2, 0.25) is 0 Å². The van der Waals surface area contributed by atoms with Crippen LogP contribution in [0.1, 0.15) is 35.3 Å². The molecule has 0 radical (unpaired) electrons. The van der Waals surface area contributed by atoms with Crippen LogP contribution >= 0.6 is 0 Å². The number of carbonyl (C=O) groups excluding carboxylic acids is 1. The van der Waals surface area contributed by atoms with Gasteiger partial charge < -0.3 is 15.4 Å². The van der Waals surface area contributed by atoms with Gasteiger partial charge in [0.25, 0.3) is 5.91 Å². The average Bonchev–Trinajstić information content (AvgIpc) is 3.19. The van der Waals surface area contributed by atoms with Crippen molar-refractivity contribution in [3.05, 3.63) is 35.0 Å². The minimum atomic E-state index is -0.763. The molecule has 1 amide bonds. The fourth-order valence-electron chi connectivity index (χ4n) is 4.63. The second kappa shape index (κ2) is 5.54. The van der Waals surface area contributed by atoms with Crippen LogP contribution in [0.3, 0.4) is 0 Å². The van der Waals surface area contributed by atoms with Crippen LogP contribution in [0.5, 0.6) is 0 Å². The van der Waals surface area contributed by atoms with Crippen molar-refractivity contribution in [2.45, 2.75) is 32.2 Å². The maximum absolute atomic E-state index is 14.0. The van der Waals surface area contributed by atoms with E-state index in [2.05, 4.69) is 10.3 Å². The van der Waals surface area contributed by atoms with Crippen molar-refractivity contribution in [3.8, 4) is 0 Å². The van der Waals surface area contributed by atoms with Gasteiger partial charge >= 0.3 is 5.97 Å². The maximum Gasteiger partial charge on any atom is 0.306 e. The third-order valence-corrected chi connectivity index (χ3v) is 5.78. The molecule has 2 aromatic rings. The third-order valence-electron chi connectivity index (χ3n) is 5.78. The number of nitrogens with one attached hydrogen (secondary N) is 2. The summed E-state index contributed by atoms with van der Waals surface area (Å²) in [7, 11) is 0. The van der Waals surface area contributed by atoms with Gasteiger partial charge in [-0.2, -0.15) is 0 Å². The lowest BCUT2D eigenvalue weighted by Gasteiger charge is -2.26. The van der Waals surface area contributed by atoms with Crippen LogP contribution in [-0.4, -0.2) is 28.0 Å². The first kappa shape index (κ1) is 16.1. The molecule has 0 spiro atoms. The third kappa shape index (κ3) is 2.49. The number of carboxylic acid groups (broad SMARTS) is 1. The summed E-state index contributed by atoms with van der Waals surface area (Å²) in [5.74, 6) is -2.58. The van der Waals surface area contributed by atoms with Crippen molar-refractivity contribution in [1.29, 1.82) is 0 Å². The van der Waals surface area contributed by atoms with Gasteiger partial charge in [-0.05, 0) is 49.7 Å². The van der Waals surface area contributed by atoms with Gasteiger partial charge in [0.05, 0.1) is 11.4 Å². The Bertz CT molecular complexity index is 892. The first-order valence-electron chi connectivity index (χ1n) is 8.36. The van der Waals surface area contributed by atoms with Crippen molar-refractivity contribution in [3.63, 3.8) is 0 Å². The number of hydrogen-bond donors (Lipinski definition) is 3. The molecule has 0 unspecified atom stereocenters. The summed E-state index contributed by atoms with van der Waals surface area (Å²) in [4.78, 5) is 26.6. The Kier molecular flexibility index (Phi) is 3.56. The predicted octanol–water partition coefficient (Wildman–Crippen LogP) is 2.98. The van der Waals surface area contributed by atoms with E-state index < -0.39 is 17.6 Å². The van der Waals surface area contributed by atoms with Crippen LogP contribution in [0.25, 0.3) is 10.9 Å². The number of rotatable bonds is 3. The molecule has 2 bridgehead atoms. The standard InChI is InChI=1S/C18H18F2N2O3/c1-7-15-12(20)5-10(19)6-14(15)21-16(7)17(23)22-13-4-8-2-9(13)3-11(8)18(24)25/h5-6,8-9,11,13,21H,2-4H2,1H3,(H,22,23)(H,24,25)/t8-,9-,11-,13-/m1/s1. The quantitative estimate of drug-likeness (QED) is 0.797. The Morgan fingerprint density at radius 3 is 2.60 bits per heavy atom. The van der Waals surface area contributed by atoms with Crippen molar-refractivity contribution >= 4 is 22.8 Å². The second-order valence-electron chi connectivity index (χ2n) is 7.19. The molecule has 3 N–H and O–H groups in total. The van der Waals surface area contributed by atoms with Gasteiger partial charge in [-0.1, -0.05) is 0 Å². The Labute approximate surface area is 142 Å².